The molecule has 2 aromatic rings. The van der Waals surface area contributed by atoms with Crippen LogP contribution in [-0.2, 0) is 4.74 Å². The van der Waals surface area contributed by atoms with E-state index in [1.54, 1.807) is 0 Å². The lowest BCUT2D eigenvalue weighted by molar-refractivity contribution is 0.193. The van der Waals surface area contributed by atoms with Crippen LogP contribution < -0.4 is 4.90 Å². The summed E-state index contributed by atoms with van der Waals surface area (Å²) in [4.78, 5) is 6.43. The molecule has 1 aromatic carbocycles. The summed E-state index contributed by atoms with van der Waals surface area (Å²) in [6.45, 7) is 1.53. The molecule has 1 aliphatic rings. The van der Waals surface area contributed by atoms with Crippen LogP contribution in [0.5, 0.6) is 0 Å². The molecule has 0 saturated carbocycles. The van der Waals surface area contributed by atoms with Crippen LogP contribution in [0.3, 0.4) is 0 Å². The monoisotopic (exact) mass is 245 g/mol. The topological polar surface area (TPSA) is 51.4 Å². The summed E-state index contributed by atoms with van der Waals surface area (Å²) in [5, 5.41) is 4.02. The number of hydrogen-bond acceptors (Lipinski definition) is 5. The Morgan fingerprint density at radius 2 is 2.11 bits per heavy atom. The van der Waals surface area contributed by atoms with E-state index in [0.29, 0.717) is 17.9 Å². The van der Waals surface area contributed by atoms with Crippen molar-refractivity contribution in [1.82, 2.24) is 10.1 Å². The summed E-state index contributed by atoms with van der Waals surface area (Å²) >= 11 is 0. The van der Waals surface area contributed by atoms with Crippen LogP contribution in [0.25, 0.3) is 11.5 Å². The maximum absolute atomic E-state index is 5.36. The number of hydrogen-bond donors (Lipinski definition) is 0. The fourth-order valence-electron chi connectivity index (χ4n) is 2.05. The Morgan fingerprint density at radius 3 is 2.83 bits per heavy atom. The molecule has 5 nitrogen and oxygen atoms in total. The van der Waals surface area contributed by atoms with E-state index >= 15 is 0 Å². The zero-order chi connectivity index (χ0) is 12.4. The SMILES string of the molecule is CN(c1noc(-c2ccccc2)n1)C1CCOC1. The molecule has 5 heteroatoms. The number of rotatable bonds is 3. The lowest BCUT2D eigenvalue weighted by Gasteiger charge is -2.20. The maximum Gasteiger partial charge on any atom is 0.266 e. The molecule has 0 bridgehead atoms. The third-order valence-corrected chi connectivity index (χ3v) is 3.20. The molecule has 1 aromatic heterocycles. The van der Waals surface area contributed by atoms with Crippen molar-refractivity contribution >= 4 is 5.95 Å². The Hall–Kier alpha value is -1.88. The van der Waals surface area contributed by atoms with Crippen LogP contribution in [0, 0.1) is 0 Å². The van der Waals surface area contributed by atoms with Crippen LogP contribution in [0.1, 0.15) is 6.42 Å². The molecule has 1 aliphatic heterocycles. The summed E-state index contributed by atoms with van der Waals surface area (Å²) < 4.78 is 10.7. The van der Waals surface area contributed by atoms with Gasteiger partial charge in [-0.05, 0) is 23.7 Å². The van der Waals surface area contributed by atoms with Gasteiger partial charge < -0.3 is 14.2 Å². The van der Waals surface area contributed by atoms with Gasteiger partial charge in [0.15, 0.2) is 0 Å². The van der Waals surface area contributed by atoms with E-state index in [-0.39, 0.29) is 0 Å². The molecular weight excluding hydrogens is 230 g/mol. The van der Waals surface area contributed by atoms with Crippen molar-refractivity contribution < 1.29 is 9.26 Å². The highest BCUT2D eigenvalue weighted by Gasteiger charge is 2.24. The molecule has 18 heavy (non-hydrogen) atoms. The van der Waals surface area contributed by atoms with Crippen LogP contribution in [0.15, 0.2) is 34.9 Å². The first kappa shape index (κ1) is 11.2. The van der Waals surface area contributed by atoms with E-state index in [9.17, 15) is 0 Å². The van der Waals surface area contributed by atoms with Gasteiger partial charge in [-0.15, -0.1) is 0 Å². The fourth-order valence-corrected chi connectivity index (χ4v) is 2.05. The largest absolute Gasteiger partial charge is 0.379 e. The molecule has 0 spiro atoms. The summed E-state index contributed by atoms with van der Waals surface area (Å²) in [5.74, 6) is 1.17. The molecule has 3 rings (SSSR count). The Balaban J connectivity index is 1.81. The van der Waals surface area contributed by atoms with E-state index in [4.69, 9.17) is 9.26 Å². The first-order valence-corrected chi connectivity index (χ1v) is 6.04. The van der Waals surface area contributed by atoms with E-state index in [1.807, 2.05) is 42.3 Å². The molecule has 0 aliphatic carbocycles. The second-order valence-corrected chi connectivity index (χ2v) is 4.39. The number of likely N-dealkylation sites (N-methyl/N-ethyl adjacent to an activating group) is 1. The Kier molecular flexibility index (Phi) is 2.98. The molecule has 94 valence electrons. The molecule has 1 atom stereocenters. The van der Waals surface area contributed by atoms with Crippen molar-refractivity contribution in [2.24, 2.45) is 0 Å². The van der Waals surface area contributed by atoms with E-state index in [0.717, 1.165) is 25.2 Å². The van der Waals surface area contributed by atoms with Gasteiger partial charge in [0.25, 0.3) is 11.8 Å². The standard InChI is InChI=1S/C13H15N3O2/c1-16(11-7-8-17-9-11)13-14-12(18-15-13)10-5-3-2-4-6-10/h2-6,11H,7-9H2,1H3. The van der Waals surface area contributed by atoms with Gasteiger partial charge in [-0.2, -0.15) is 4.98 Å². The maximum atomic E-state index is 5.36. The zero-order valence-electron chi connectivity index (χ0n) is 10.2. The normalized spacial score (nSPS) is 19.1. The smallest absolute Gasteiger partial charge is 0.266 e. The van der Waals surface area contributed by atoms with Crippen LogP contribution in [-0.4, -0.2) is 36.4 Å². The molecular formula is C13H15N3O2. The predicted octanol–water partition coefficient (Wildman–Crippen LogP) is 1.96. The van der Waals surface area contributed by atoms with Gasteiger partial charge in [0.1, 0.15) is 0 Å². The van der Waals surface area contributed by atoms with Gasteiger partial charge in [0.2, 0.25) is 0 Å². The van der Waals surface area contributed by atoms with Crippen LogP contribution in [0.4, 0.5) is 5.95 Å². The van der Waals surface area contributed by atoms with Crippen molar-refractivity contribution in [2.45, 2.75) is 12.5 Å². The Bertz CT molecular complexity index is 506. The highest BCUT2D eigenvalue weighted by atomic mass is 16.5. The summed E-state index contributed by atoms with van der Waals surface area (Å²) in [5.41, 5.74) is 0.937. The van der Waals surface area contributed by atoms with Crippen molar-refractivity contribution in [3.8, 4) is 11.5 Å². The van der Waals surface area contributed by atoms with E-state index in [2.05, 4.69) is 10.1 Å². The summed E-state index contributed by atoms with van der Waals surface area (Å²) in [7, 11) is 1.97. The lowest BCUT2D eigenvalue weighted by Crippen LogP contribution is -2.32. The summed E-state index contributed by atoms with van der Waals surface area (Å²) in [6, 6.07) is 10.1. The predicted molar refractivity (Wildman–Crippen MR) is 67.4 cm³/mol. The van der Waals surface area contributed by atoms with Crippen LogP contribution in [0.2, 0.25) is 0 Å². The second-order valence-electron chi connectivity index (χ2n) is 4.39. The van der Waals surface area contributed by atoms with E-state index < -0.39 is 0 Å². The highest BCUT2D eigenvalue weighted by molar-refractivity contribution is 5.54. The number of nitrogens with zero attached hydrogens (tertiary/aromatic N) is 3. The number of ether oxygens (including phenoxy) is 1. The Morgan fingerprint density at radius 1 is 1.28 bits per heavy atom. The van der Waals surface area contributed by atoms with Gasteiger partial charge in [-0.1, -0.05) is 18.2 Å². The fraction of sp³-hybridized carbons (Fsp3) is 0.385. The molecule has 1 fully saturated rings. The Labute approximate surface area is 105 Å². The first-order chi connectivity index (χ1) is 8.84. The minimum absolute atomic E-state index is 0.339. The van der Waals surface area contributed by atoms with Crippen molar-refractivity contribution in [3.05, 3.63) is 30.3 Å². The minimum Gasteiger partial charge on any atom is -0.379 e. The average Bonchev–Trinajstić information content (AvgIpc) is 3.10. The average molecular weight is 245 g/mol. The van der Waals surface area contributed by atoms with Gasteiger partial charge in [0.05, 0.1) is 12.6 Å². The molecule has 1 unspecified atom stereocenters. The number of aromatic nitrogens is 2. The molecule has 2 heterocycles. The van der Waals surface area contributed by atoms with Crippen molar-refractivity contribution in [1.29, 1.82) is 0 Å². The van der Waals surface area contributed by atoms with E-state index in [1.165, 1.54) is 0 Å². The molecule has 1 saturated heterocycles. The third-order valence-electron chi connectivity index (χ3n) is 3.20. The first-order valence-electron chi connectivity index (χ1n) is 6.04. The minimum atomic E-state index is 0.339. The third kappa shape index (κ3) is 2.09. The molecule has 0 amide bonds. The zero-order valence-corrected chi connectivity index (χ0v) is 10.2. The summed E-state index contributed by atoms with van der Waals surface area (Å²) in [6.07, 6.45) is 1.01. The highest BCUT2D eigenvalue weighted by Crippen LogP contribution is 2.22. The molecule has 0 radical (unpaired) electrons. The molecule has 0 N–H and O–H groups in total. The van der Waals surface area contributed by atoms with Gasteiger partial charge in [0, 0.05) is 19.2 Å². The van der Waals surface area contributed by atoms with Crippen molar-refractivity contribution in [3.63, 3.8) is 0 Å². The number of anilines is 1. The van der Waals surface area contributed by atoms with Gasteiger partial charge in [-0.3, -0.25) is 0 Å². The number of benzene rings is 1. The van der Waals surface area contributed by atoms with Gasteiger partial charge in [-0.25, -0.2) is 0 Å². The van der Waals surface area contributed by atoms with Crippen molar-refractivity contribution in [2.75, 3.05) is 25.2 Å². The quantitative estimate of drug-likeness (QED) is 0.827. The van der Waals surface area contributed by atoms with Gasteiger partial charge >= 0.3 is 0 Å². The lowest BCUT2D eigenvalue weighted by atomic mass is 10.2. The van der Waals surface area contributed by atoms with Crippen LogP contribution >= 0.6 is 0 Å². The second kappa shape index (κ2) is 4.78.